The van der Waals surface area contributed by atoms with Crippen LogP contribution in [0.4, 0.5) is 0 Å². The highest BCUT2D eigenvalue weighted by atomic mass is 16.1. The highest BCUT2D eigenvalue weighted by Crippen LogP contribution is 2.04. The second-order valence-electron chi connectivity index (χ2n) is 2.84. The second-order valence-corrected chi connectivity index (χ2v) is 2.84. The minimum Gasteiger partial charge on any atom is -0.314 e. The van der Waals surface area contributed by atoms with Gasteiger partial charge in [0.05, 0.1) is 0 Å². The van der Waals surface area contributed by atoms with Gasteiger partial charge in [-0.2, -0.15) is 0 Å². The van der Waals surface area contributed by atoms with Crippen LogP contribution in [0.5, 0.6) is 0 Å². The summed E-state index contributed by atoms with van der Waals surface area (Å²) in [6.07, 6.45) is 4.62. The molecule has 2 aromatic rings. The smallest absolute Gasteiger partial charge is 0.231 e. The van der Waals surface area contributed by atoms with Gasteiger partial charge in [0.1, 0.15) is 6.33 Å². The minimum atomic E-state index is -0.168. The van der Waals surface area contributed by atoms with Crippen molar-refractivity contribution in [2.24, 2.45) is 7.05 Å². The van der Waals surface area contributed by atoms with E-state index >= 15 is 0 Å². The van der Waals surface area contributed by atoms with Crippen molar-refractivity contribution < 1.29 is 4.79 Å². The van der Waals surface area contributed by atoms with Crippen molar-refractivity contribution in [2.75, 3.05) is 0 Å². The van der Waals surface area contributed by atoms with E-state index in [0.29, 0.717) is 11.4 Å². The molecule has 5 heteroatoms. The van der Waals surface area contributed by atoms with Crippen molar-refractivity contribution in [3.8, 4) is 0 Å². The lowest BCUT2D eigenvalue weighted by atomic mass is 10.2. The number of hydrogen-bond acceptors (Lipinski definition) is 4. The minimum absolute atomic E-state index is 0.168. The molecule has 0 bridgehead atoms. The number of rotatable bonds is 2. The maximum Gasteiger partial charge on any atom is 0.231 e. The Morgan fingerprint density at radius 3 is 2.93 bits per heavy atom. The number of hydrogen-bond donors (Lipinski definition) is 0. The average Bonchev–Trinajstić information content (AvgIpc) is 2.65. The van der Waals surface area contributed by atoms with Gasteiger partial charge < -0.3 is 4.57 Å². The fourth-order valence-electron chi connectivity index (χ4n) is 1.11. The number of pyridine rings is 1. The van der Waals surface area contributed by atoms with Crippen LogP contribution in [0.2, 0.25) is 0 Å². The standard InChI is InChI=1S/C9H8N4O/c1-13-6-11-12-9(13)8(14)7-3-2-4-10-5-7/h2-6H,1H3. The van der Waals surface area contributed by atoms with Crippen LogP contribution in [0.3, 0.4) is 0 Å². The Bertz CT molecular complexity index is 449. The zero-order chi connectivity index (χ0) is 9.97. The van der Waals surface area contributed by atoms with Gasteiger partial charge in [-0.05, 0) is 12.1 Å². The van der Waals surface area contributed by atoms with E-state index in [0.717, 1.165) is 0 Å². The monoisotopic (exact) mass is 188 g/mol. The highest BCUT2D eigenvalue weighted by Gasteiger charge is 2.13. The van der Waals surface area contributed by atoms with Gasteiger partial charge in [-0.1, -0.05) is 0 Å². The molecule has 0 fully saturated rings. The zero-order valence-electron chi connectivity index (χ0n) is 7.58. The molecular formula is C9H8N4O. The summed E-state index contributed by atoms with van der Waals surface area (Å²) in [4.78, 5) is 15.6. The van der Waals surface area contributed by atoms with Crippen LogP contribution in [-0.4, -0.2) is 25.5 Å². The third-order valence-electron chi connectivity index (χ3n) is 1.84. The van der Waals surface area contributed by atoms with Crippen molar-refractivity contribution in [1.82, 2.24) is 19.7 Å². The van der Waals surface area contributed by atoms with E-state index in [4.69, 9.17) is 0 Å². The number of nitrogens with zero attached hydrogens (tertiary/aromatic N) is 4. The summed E-state index contributed by atoms with van der Waals surface area (Å²) in [6.45, 7) is 0. The van der Waals surface area contributed by atoms with Gasteiger partial charge in [0, 0.05) is 25.0 Å². The molecule has 5 nitrogen and oxygen atoms in total. The molecule has 70 valence electrons. The first-order valence-electron chi connectivity index (χ1n) is 4.08. The van der Waals surface area contributed by atoms with E-state index in [1.54, 1.807) is 29.9 Å². The Balaban J connectivity index is 2.39. The fraction of sp³-hybridized carbons (Fsp3) is 0.111. The van der Waals surface area contributed by atoms with E-state index < -0.39 is 0 Å². The van der Waals surface area contributed by atoms with Crippen LogP contribution in [0, 0.1) is 0 Å². The van der Waals surface area contributed by atoms with Crippen LogP contribution in [0.25, 0.3) is 0 Å². The van der Waals surface area contributed by atoms with Crippen molar-refractivity contribution in [2.45, 2.75) is 0 Å². The number of aromatic nitrogens is 4. The summed E-state index contributed by atoms with van der Waals surface area (Å²) in [5, 5.41) is 7.37. The number of aryl methyl sites for hydroxylation is 1. The zero-order valence-corrected chi connectivity index (χ0v) is 7.58. The Kier molecular flexibility index (Phi) is 2.06. The van der Waals surface area contributed by atoms with E-state index in [1.807, 2.05) is 0 Å². The summed E-state index contributed by atoms with van der Waals surface area (Å²) in [5.41, 5.74) is 0.517. The Morgan fingerprint density at radius 2 is 2.36 bits per heavy atom. The number of ketones is 1. The first-order valence-corrected chi connectivity index (χ1v) is 4.08. The Morgan fingerprint density at radius 1 is 1.50 bits per heavy atom. The molecule has 0 aliphatic rings. The summed E-state index contributed by atoms with van der Waals surface area (Å²) in [6, 6.07) is 3.41. The van der Waals surface area contributed by atoms with Crippen LogP contribution < -0.4 is 0 Å². The van der Waals surface area contributed by atoms with Gasteiger partial charge in [-0.25, -0.2) is 0 Å². The van der Waals surface area contributed by atoms with E-state index in [9.17, 15) is 4.79 Å². The predicted octanol–water partition coefficient (Wildman–Crippen LogP) is 0.441. The molecule has 2 aromatic heterocycles. The van der Waals surface area contributed by atoms with Crippen LogP contribution in [0.1, 0.15) is 16.2 Å². The lowest BCUT2D eigenvalue weighted by molar-refractivity contribution is 0.102. The molecule has 0 unspecified atom stereocenters. The largest absolute Gasteiger partial charge is 0.314 e. The van der Waals surface area contributed by atoms with Crippen molar-refractivity contribution >= 4 is 5.78 Å². The lowest BCUT2D eigenvalue weighted by Gasteiger charge is -1.98. The Hall–Kier alpha value is -2.04. The van der Waals surface area contributed by atoms with Crippen molar-refractivity contribution in [3.63, 3.8) is 0 Å². The molecule has 2 rings (SSSR count). The lowest BCUT2D eigenvalue weighted by Crippen LogP contribution is -2.08. The van der Waals surface area contributed by atoms with E-state index in [-0.39, 0.29) is 5.78 Å². The van der Waals surface area contributed by atoms with Crippen molar-refractivity contribution in [1.29, 1.82) is 0 Å². The van der Waals surface area contributed by atoms with Gasteiger partial charge in [0.2, 0.25) is 11.6 Å². The average molecular weight is 188 g/mol. The maximum atomic E-state index is 11.8. The summed E-state index contributed by atoms with van der Waals surface area (Å²) in [5.74, 6) is 0.149. The van der Waals surface area contributed by atoms with Gasteiger partial charge in [0.15, 0.2) is 0 Å². The molecule has 0 atom stereocenters. The van der Waals surface area contributed by atoms with Gasteiger partial charge >= 0.3 is 0 Å². The molecule has 0 N–H and O–H groups in total. The number of carbonyl (C=O) groups is 1. The quantitative estimate of drug-likeness (QED) is 0.641. The molecule has 2 heterocycles. The molecule has 0 radical (unpaired) electrons. The molecule has 0 aromatic carbocycles. The predicted molar refractivity (Wildman–Crippen MR) is 48.7 cm³/mol. The summed E-state index contributed by atoms with van der Waals surface area (Å²) >= 11 is 0. The molecular weight excluding hydrogens is 180 g/mol. The number of carbonyl (C=O) groups excluding carboxylic acids is 1. The molecule has 0 aliphatic carbocycles. The van der Waals surface area contributed by atoms with E-state index in [1.165, 1.54) is 12.5 Å². The van der Waals surface area contributed by atoms with Crippen LogP contribution in [-0.2, 0) is 7.05 Å². The first kappa shape index (κ1) is 8.55. The summed E-state index contributed by atoms with van der Waals surface area (Å²) < 4.78 is 1.58. The summed E-state index contributed by atoms with van der Waals surface area (Å²) in [7, 11) is 1.73. The highest BCUT2D eigenvalue weighted by molar-refractivity contribution is 6.06. The molecule has 14 heavy (non-hydrogen) atoms. The fourth-order valence-corrected chi connectivity index (χ4v) is 1.11. The van der Waals surface area contributed by atoms with Gasteiger partial charge in [0.25, 0.3) is 0 Å². The third-order valence-corrected chi connectivity index (χ3v) is 1.84. The topological polar surface area (TPSA) is 60.7 Å². The SMILES string of the molecule is Cn1cnnc1C(=O)c1cccnc1. The third kappa shape index (κ3) is 1.39. The Labute approximate surface area is 80.4 Å². The molecule has 0 saturated carbocycles. The molecule has 0 aliphatic heterocycles. The normalized spacial score (nSPS) is 10.1. The van der Waals surface area contributed by atoms with Crippen LogP contribution >= 0.6 is 0 Å². The van der Waals surface area contributed by atoms with Crippen molar-refractivity contribution in [3.05, 3.63) is 42.2 Å². The van der Waals surface area contributed by atoms with E-state index in [2.05, 4.69) is 15.2 Å². The molecule has 0 spiro atoms. The van der Waals surface area contributed by atoms with Crippen LogP contribution in [0.15, 0.2) is 30.9 Å². The second kappa shape index (κ2) is 3.37. The molecule has 0 amide bonds. The maximum absolute atomic E-state index is 11.8. The first-order chi connectivity index (χ1) is 6.79. The van der Waals surface area contributed by atoms with Gasteiger partial charge in [-0.3, -0.25) is 9.78 Å². The van der Waals surface area contributed by atoms with Gasteiger partial charge in [-0.15, -0.1) is 10.2 Å². The molecule has 0 saturated heterocycles.